The Morgan fingerprint density at radius 3 is 1.31 bits per heavy atom. The molecule has 0 amide bonds. The first kappa shape index (κ1) is 14.9. The Labute approximate surface area is 94.6 Å². The van der Waals surface area contributed by atoms with E-state index < -0.39 is 23.8 Å². The van der Waals surface area contributed by atoms with E-state index in [0.717, 1.165) is 0 Å². The summed E-state index contributed by atoms with van der Waals surface area (Å²) in [5, 5.41) is 17.7. The van der Waals surface area contributed by atoms with Gasteiger partial charge < -0.3 is 21.7 Å². The van der Waals surface area contributed by atoms with Crippen LogP contribution in [0.15, 0.2) is 0 Å². The summed E-state index contributed by atoms with van der Waals surface area (Å²) < 4.78 is 0. The standard InChI is InChI=1S/C10H20N2O4/c11-5-3-7(9(13)14)1-2-8(4-6-12)10(15)16/h7-8H,1-6,11-12H2,(H,13,14)(H,15,16). The van der Waals surface area contributed by atoms with E-state index in [9.17, 15) is 9.59 Å². The van der Waals surface area contributed by atoms with E-state index >= 15 is 0 Å². The number of hydrogen-bond acceptors (Lipinski definition) is 4. The van der Waals surface area contributed by atoms with Gasteiger partial charge in [0.05, 0.1) is 11.8 Å². The molecule has 0 aromatic rings. The van der Waals surface area contributed by atoms with Gasteiger partial charge in [-0.1, -0.05) is 0 Å². The summed E-state index contributed by atoms with van der Waals surface area (Å²) in [5.41, 5.74) is 10.6. The lowest BCUT2D eigenvalue weighted by Crippen LogP contribution is -2.22. The highest BCUT2D eigenvalue weighted by Crippen LogP contribution is 2.18. The van der Waals surface area contributed by atoms with Gasteiger partial charge in [0.1, 0.15) is 0 Å². The third-order valence-corrected chi connectivity index (χ3v) is 2.59. The van der Waals surface area contributed by atoms with E-state index in [1.165, 1.54) is 0 Å². The summed E-state index contributed by atoms with van der Waals surface area (Å²) in [5.74, 6) is -2.93. The maximum absolute atomic E-state index is 10.8. The third-order valence-electron chi connectivity index (χ3n) is 2.59. The van der Waals surface area contributed by atoms with E-state index in [2.05, 4.69) is 0 Å². The molecule has 0 aromatic carbocycles. The van der Waals surface area contributed by atoms with Crippen molar-refractivity contribution in [3.05, 3.63) is 0 Å². The van der Waals surface area contributed by atoms with Crippen LogP contribution in [-0.2, 0) is 9.59 Å². The Morgan fingerprint density at radius 2 is 1.12 bits per heavy atom. The topological polar surface area (TPSA) is 127 Å². The van der Waals surface area contributed by atoms with Crippen molar-refractivity contribution in [3.8, 4) is 0 Å². The Bertz CT molecular complexity index is 209. The Kier molecular flexibility index (Phi) is 7.49. The van der Waals surface area contributed by atoms with Crippen LogP contribution in [0.5, 0.6) is 0 Å². The van der Waals surface area contributed by atoms with Gasteiger partial charge in [-0.15, -0.1) is 0 Å². The van der Waals surface area contributed by atoms with E-state index in [-0.39, 0.29) is 0 Å². The zero-order chi connectivity index (χ0) is 12.6. The molecule has 0 saturated carbocycles. The van der Waals surface area contributed by atoms with Crippen LogP contribution in [-0.4, -0.2) is 35.2 Å². The van der Waals surface area contributed by atoms with Crippen LogP contribution in [0, 0.1) is 11.8 Å². The first-order chi connectivity index (χ1) is 7.52. The molecule has 0 fully saturated rings. The van der Waals surface area contributed by atoms with E-state index in [1.807, 2.05) is 0 Å². The van der Waals surface area contributed by atoms with Gasteiger partial charge in [-0.05, 0) is 38.8 Å². The first-order valence-corrected chi connectivity index (χ1v) is 5.38. The first-order valence-electron chi connectivity index (χ1n) is 5.38. The van der Waals surface area contributed by atoms with E-state index in [0.29, 0.717) is 38.8 Å². The van der Waals surface area contributed by atoms with Crippen LogP contribution in [0.2, 0.25) is 0 Å². The summed E-state index contributed by atoms with van der Waals surface area (Å²) in [4.78, 5) is 21.6. The number of aliphatic carboxylic acids is 2. The molecule has 6 N–H and O–H groups in total. The quantitative estimate of drug-likeness (QED) is 0.438. The average molecular weight is 232 g/mol. The van der Waals surface area contributed by atoms with Crippen LogP contribution in [0.25, 0.3) is 0 Å². The van der Waals surface area contributed by atoms with Gasteiger partial charge in [0, 0.05) is 0 Å². The smallest absolute Gasteiger partial charge is 0.306 e. The second-order valence-corrected chi connectivity index (χ2v) is 3.80. The number of carboxylic acid groups (broad SMARTS) is 2. The molecule has 6 heteroatoms. The minimum Gasteiger partial charge on any atom is -0.481 e. The number of carboxylic acids is 2. The fourth-order valence-electron chi connectivity index (χ4n) is 1.59. The second-order valence-electron chi connectivity index (χ2n) is 3.80. The van der Waals surface area contributed by atoms with Crippen LogP contribution in [0.1, 0.15) is 25.7 Å². The van der Waals surface area contributed by atoms with Gasteiger partial charge in [0.15, 0.2) is 0 Å². The van der Waals surface area contributed by atoms with Crippen molar-refractivity contribution in [1.29, 1.82) is 0 Å². The van der Waals surface area contributed by atoms with E-state index in [4.69, 9.17) is 21.7 Å². The largest absolute Gasteiger partial charge is 0.481 e. The van der Waals surface area contributed by atoms with Crippen molar-refractivity contribution >= 4 is 11.9 Å². The van der Waals surface area contributed by atoms with Crippen LogP contribution in [0.4, 0.5) is 0 Å². The van der Waals surface area contributed by atoms with Crippen molar-refractivity contribution in [3.63, 3.8) is 0 Å². The maximum atomic E-state index is 10.8. The summed E-state index contributed by atoms with van der Waals surface area (Å²) in [7, 11) is 0. The second kappa shape index (κ2) is 8.06. The highest BCUT2D eigenvalue weighted by atomic mass is 16.4. The fourth-order valence-corrected chi connectivity index (χ4v) is 1.59. The maximum Gasteiger partial charge on any atom is 0.306 e. The summed E-state index contributed by atoms with van der Waals surface area (Å²) in [6.07, 6.45) is 1.43. The van der Waals surface area contributed by atoms with Gasteiger partial charge in [0.2, 0.25) is 0 Å². The normalized spacial score (nSPS) is 14.4. The fraction of sp³-hybridized carbons (Fsp3) is 0.800. The summed E-state index contributed by atoms with van der Waals surface area (Å²) >= 11 is 0. The highest BCUT2D eigenvalue weighted by molar-refractivity contribution is 5.71. The minimum atomic E-state index is -0.915. The lowest BCUT2D eigenvalue weighted by molar-refractivity contribution is -0.145. The van der Waals surface area contributed by atoms with Crippen molar-refractivity contribution in [2.75, 3.05) is 13.1 Å². The molecule has 16 heavy (non-hydrogen) atoms. The van der Waals surface area contributed by atoms with Crippen LogP contribution >= 0.6 is 0 Å². The molecule has 0 aliphatic carbocycles. The molecule has 0 saturated heterocycles. The van der Waals surface area contributed by atoms with E-state index in [1.54, 1.807) is 0 Å². The molecule has 6 nitrogen and oxygen atoms in total. The molecule has 0 aliphatic rings. The zero-order valence-corrected chi connectivity index (χ0v) is 9.26. The molecular formula is C10H20N2O4. The predicted molar refractivity (Wildman–Crippen MR) is 58.8 cm³/mol. The molecule has 0 rings (SSSR count). The number of rotatable bonds is 9. The Balaban J connectivity index is 4.14. The van der Waals surface area contributed by atoms with Crippen LogP contribution < -0.4 is 11.5 Å². The monoisotopic (exact) mass is 232 g/mol. The SMILES string of the molecule is NCCC(CCC(CCN)C(=O)O)C(=O)O. The molecule has 2 atom stereocenters. The molecule has 0 heterocycles. The molecule has 0 spiro atoms. The van der Waals surface area contributed by atoms with Crippen molar-refractivity contribution in [2.24, 2.45) is 23.3 Å². The Morgan fingerprint density at radius 1 is 0.812 bits per heavy atom. The third kappa shape index (κ3) is 5.67. The summed E-state index contributed by atoms with van der Waals surface area (Å²) in [6, 6.07) is 0. The molecule has 0 aromatic heterocycles. The molecule has 0 aliphatic heterocycles. The van der Waals surface area contributed by atoms with Gasteiger partial charge in [-0.3, -0.25) is 9.59 Å². The van der Waals surface area contributed by atoms with Crippen molar-refractivity contribution in [1.82, 2.24) is 0 Å². The predicted octanol–water partition coefficient (Wildman–Crippen LogP) is -0.134. The van der Waals surface area contributed by atoms with Gasteiger partial charge >= 0.3 is 11.9 Å². The molecule has 0 bridgehead atoms. The van der Waals surface area contributed by atoms with Gasteiger partial charge in [-0.25, -0.2) is 0 Å². The molecular weight excluding hydrogens is 212 g/mol. The molecule has 0 radical (unpaired) electrons. The zero-order valence-electron chi connectivity index (χ0n) is 9.26. The number of hydrogen-bond donors (Lipinski definition) is 4. The number of carbonyl (C=O) groups is 2. The van der Waals surface area contributed by atoms with Crippen LogP contribution in [0.3, 0.4) is 0 Å². The van der Waals surface area contributed by atoms with Crippen molar-refractivity contribution in [2.45, 2.75) is 25.7 Å². The lowest BCUT2D eigenvalue weighted by Gasteiger charge is -2.15. The summed E-state index contributed by atoms with van der Waals surface area (Å²) in [6.45, 7) is 0.594. The molecule has 94 valence electrons. The number of nitrogens with two attached hydrogens (primary N) is 2. The van der Waals surface area contributed by atoms with Crippen molar-refractivity contribution < 1.29 is 19.8 Å². The minimum absolute atomic E-state index is 0.297. The molecule has 2 unspecified atom stereocenters. The highest BCUT2D eigenvalue weighted by Gasteiger charge is 2.22. The van der Waals surface area contributed by atoms with Gasteiger partial charge in [-0.2, -0.15) is 0 Å². The average Bonchev–Trinajstić information content (AvgIpc) is 2.21. The lowest BCUT2D eigenvalue weighted by atomic mass is 9.92. The van der Waals surface area contributed by atoms with Gasteiger partial charge in [0.25, 0.3) is 0 Å². The Hall–Kier alpha value is -1.14.